The molecule has 0 spiro atoms. The van der Waals surface area contributed by atoms with Crippen molar-refractivity contribution in [3.63, 3.8) is 0 Å². The standard InChI is InChI=1S/C23H30N.C10H12O.CH3.ClH.Ru/c1-6-11-19-13-10-12-18(2)21(19)24-17-23(5,16-22(24,3)4)20-14-8-7-9-15-20;1-8(2)11-10-7-5-4-6-9(10)3;;;/h7-10,12-15,17H,6,11,16H2,1-5H3;3-8H,1-2H3;1H3;1H;/q-1;;-1;;+1/p-1. The average molecular weight is 620 g/mol. The summed E-state index contributed by atoms with van der Waals surface area (Å²) >= 11 is -0.191. The molecule has 2 nitrogen and oxygen atoms in total. The predicted octanol–water partition coefficient (Wildman–Crippen LogP) is 9.37. The zero-order valence-corrected chi connectivity index (χ0v) is 26.9. The van der Waals surface area contributed by atoms with Gasteiger partial charge in [-0.3, -0.25) is 0 Å². The van der Waals surface area contributed by atoms with E-state index in [-0.39, 0.29) is 40.2 Å². The van der Waals surface area contributed by atoms with Crippen LogP contribution < -0.4 is 9.64 Å². The number of rotatable bonds is 7. The van der Waals surface area contributed by atoms with Crippen LogP contribution in [0, 0.1) is 20.9 Å². The molecule has 1 fully saturated rings. The number of hydrogen-bond acceptors (Lipinski definition) is 2. The second kappa shape index (κ2) is 14.4. The Morgan fingerprint density at radius 3 is 2.29 bits per heavy atom. The molecule has 0 radical (unpaired) electrons. The van der Waals surface area contributed by atoms with Crippen molar-refractivity contribution in [3.8, 4) is 5.75 Å². The van der Waals surface area contributed by atoms with E-state index in [4.69, 9.17) is 14.4 Å². The van der Waals surface area contributed by atoms with E-state index >= 15 is 0 Å². The van der Waals surface area contributed by atoms with E-state index in [0.29, 0.717) is 0 Å². The number of anilines is 1. The normalized spacial score (nSPS) is 18.4. The summed E-state index contributed by atoms with van der Waals surface area (Å²) in [4.78, 5) is 2.56. The number of ether oxygens (including phenoxy) is 1. The summed E-state index contributed by atoms with van der Waals surface area (Å²) in [5.74, 6) is 0.924. The van der Waals surface area contributed by atoms with E-state index in [0.717, 1.165) is 24.2 Å². The van der Waals surface area contributed by atoms with Crippen LogP contribution in [0.15, 0.2) is 72.8 Å². The van der Waals surface area contributed by atoms with Crippen molar-refractivity contribution in [2.24, 2.45) is 0 Å². The van der Waals surface area contributed by atoms with E-state index in [1.807, 2.05) is 42.7 Å². The largest absolute Gasteiger partial charge is 0.517 e. The smallest absolute Gasteiger partial charge is 0.0137 e. The Morgan fingerprint density at radius 1 is 1.00 bits per heavy atom. The zero-order valence-electron chi connectivity index (χ0n) is 24.4. The fraction of sp³-hybridized carbons (Fsp3) is 0.382. The van der Waals surface area contributed by atoms with Gasteiger partial charge in [0.25, 0.3) is 0 Å². The molecule has 0 N–H and O–H groups in total. The molecule has 209 valence electrons. The maximum absolute atomic E-state index is 5.72. The third kappa shape index (κ3) is 8.03. The minimum absolute atomic E-state index is 0. The Kier molecular flexibility index (Phi) is 12.3. The zero-order chi connectivity index (χ0) is 27.1. The number of hydrogen-bond donors (Lipinski definition) is 0. The molecule has 4 heteroatoms. The molecule has 1 heterocycles. The molecular weight excluding hydrogens is 575 g/mol. The van der Waals surface area contributed by atoms with Gasteiger partial charge < -0.3 is 12.3 Å². The quantitative estimate of drug-likeness (QED) is 0.193. The third-order valence-corrected chi connectivity index (χ3v) is 8.00. The Balaban J connectivity index is 0.000000309. The fourth-order valence-corrected chi connectivity index (χ4v) is 6.47. The molecule has 0 bridgehead atoms. The Hall–Kier alpha value is -1.96. The molecule has 1 aliphatic heterocycles. The van der Waals surface area contributed by atoms with Crippen LogP contribution in [0.2, 0.25) is 0 Å². The minimum Gasteiger partial charge on any atom is -0.517 e. The first-order valence-corrected chi connectivity index (χ1v) is 16.5. The van der Waals surface area contributed by atoms with Crippen LogP contribution in [0.25, 0.3) is 0 Å². The molecule has 3 aromatic carbocycles. The summed E-state index contributed by atoms with van der Waals surface area (Å²) in [5, 5.41) is 0. The molecule has 3 aromatic rings. The fourth-order valence-electron chi connectivity index (χ4n) is 5.36. The van der Waals surface area contributed by atoms with E-state index in [1.54, 1.807) is 0 Å². The van der Waals surface area contributed by atoms with Gasteiger partial charge in [0.1, 0.15) is 0 Å². The summed E-state index contributed by atoms with van der Waals surface area (Å²) < 4.78 is 7.66. The van der Waals surface area contributed by atoms with Gasteiger partial charge in [-0.15, -0.1) is 5.41 Å². The van der Waals surface area contributed by atoms with Crippen LogP contribution in [0.5, 0.6) is 5.75 Å². The summed E-state index contributed by atoms with van der Waals surface area (Å²) in [6.07, 6.45) is 3.66. The molecule has 1 saturated heterocycles. The van der Waals surface area contributed by atoms with Crippen molar-refractivity contribution in [1.29, 1.82) is 0 Å². The molecule has 1 atom stereocenters. The minimum atomic E-state index is -0.191. The van der Waals surface area contributed by atoms with Crippen molar-refractivity contribution in [3.05, 3.63) is 109 Å². The van der Waals surface area contributed by atoms with Crippen molar-refractivity contribution in [1.82, 2.24) is 0 Å². The van der Waals surface area contributed by atoms with Gasteiger partial charge in [0.15, 0.2) is 0 Å². The molecule has 0 aliphatic carbocycles. The molecular formula is C34H45ClNORu-2. The summed E-state index contributed by atoms with van der Waals surface area (Å²) in [7, 11) is 5.72. The average Bonchev–Trinajstić information content (AvgIpc) is 3.11. The monoisotopic (exact) mass is 620 g/mol. The van der Waals surface area contributed by atoms with Crippen molar-refractivity contribution in [2.45, 2.75) is 84.8 Å². The first-order chi connectivity index (χ1) is 17.6. The topological polar surface area (TPSA) is 12.5 Å². The molecule has 0 amide bonds. The SMILES string of the molecule is CC(C)Oc1ccccc1[CH]=[Ru][Cl].CCCc1cccc(C)c1N1[CH-]C(C)(c2ccccc2)CC1(C)C.[CH3-]. The molecule has 38 heavy (non-hydrogen) atoms. The number of aryl methyl sites for hydroxylation is 2. The summed E-state index contributed by atoms with van der Waals surface area (Å²) in [6.45, 7) is 18.1. The molecule has 4 rings (SSSR count). The van der Waals surface area contributed by atoms with Crippen LogP contribution >= 0.6 is 9.69 Å². The van der Waals surface area contributed by atoms with E-state index in [2.05, 4.69) is 94.6 Å². The van der Waals surface area contributed by atoms with Gasteiger partial charge in [0.2, 0.25) is 0 Å². The second-order valence-corrected chi connectivity index (χ2v) is 12.8. The van der Waals surface area contributed by atoms with Crippen molar-refractivity contribution in [2.75, 3.05) is 4.90 Å². The van der Waals surface area contributed by atoms with E-state index in [9.17, 15) is 0 Å². The first-order valence-electron chi connectivity index (χ1n) is 13.2. The third-order valence-electron chi connectivity index (χ3n) is 6.81. The van der Waals surface area contributed by atoms with E-state index in [1.165, 1.54) is 28.8 Å². The van der Waals surface area contributed by atoms with Gasteiger partial charge in [-0.2, -0.15) is 0 Å². The Morgan fingerprint density at radius 2 is 1.66 bits per heavy atom. The van der Waals surface area contributed by atoms with Gasteiger partial charge in [0.05, 0.1) is 0 Å². The second-order valence-electron chi connectivity index (χ2n) is 11.0. The maximum Gasteiger partial charge on any atom is 0.0137 e. The van der Waals surface area contributed by atoms with E-state index < -0.39 is 0 Å². The molecule has 1 unspecified atom stereocenters. The van der Waals surface area contributed by atoms with Crippen LogP contribution in [-0.4, -0.2) is 16.3 Å². The van der Waals surface area contributed by atoms with Gasteiger partial charge in [-0.25, -0.2) is 6.54 Å². The van der Waals surface area contributed by atoms with Gasteiger partial charge in [0, 0.05) is 11.2 Å². The number of para-hydroxylation sites is 2. The summed E-state index contributed by atoms with van der Waals surface area (Å²) in [6, 6.07) is 25.6. The van der Waals surface area contributed by atoms with Crippen LogP contribution in [0.3, 0.4) is 0 Å². The number of halogens is 1. The molecule has 1 aliphatic rings. The summed E-state index contributed by atoms with van der Waals surface area (Å²) in [5.41, 5.74) is 6.97. The Labute approximate surface area is 243 Å². The maximum atomic E-state index is 5.72. The van der Waals surface area contributed by atoms with Gasteiger partial charge in [-0.05, 0) is 44.7 Å². The first kappa shape index (κ1) is 32.3. The number of benzene rings is 3. The van der Waals surface area contributed by atoms with Crippen molar-refractivity contribution < 1.29 is 20.4 Å². The van der Waals surface area contributed by atoms with Crippen molar-refractivity contribution >= 4 is 20.0 Å². The molecule has 0 aromatic heterocycles. The molecule has 0 saturated carbocycles. The van der Waals surface area contributed by atoms with Crippen LogP contribution in [0.1, 0.15) is 76.6 Å². The number of nitrogens with zero attached hydrogens (tertiary/aromatic N) is 1. The van der Waals surface area contributed by atoms with Gasteiger partial charge >= 0.3 is 90.3 Å². The van der Waals surface area contributed by atoms with Gasteiger partial charge in [-0.1, -0.05) is 74.4 Å². The van der Waals surface area contributed by atoms with Crippen LogP contribution in [-0.2, 0) is 27.5 Å². The predicted molar refractivity (Wildman–Crippen MR) is 164 cm³/mol. The van der Waals surface area contributed by atoms with Crippen LogP contribution in [0.4, 0.5) is 5.69 Å². The Bertz CT molecular complexity index is 1170.